The Morgan fingerprint density at radius 1 is 0.957 bits per heavy atom. The number of benzene rings is 2. The smallest absolute Gasteiger partial charge is 0.248 e. The molecule has 0 atom stereocenters. The number of carbonyl (C=O) groups excluding carboxylic acids is 2. The first-order chi connectivity index (χ1) is 11.0. The lowest BCUT2D eigenvalue weighted by Crippen LogP contribution is -2.21. The van der Waals surface area contributed by atoms with Crippen LogP contribution in [0.15, 0.2) is 48.5 Å². The summed E-state index contributed by atoms with van der Waals surface area (Å²) in [6, 6.07) is 14.5. The van der Waals surface area contributed by atoms with E-state index in [4.69, 9.17) is 5.73 Å². The highest BCUT2D eigenvalue weighted by molar-refractivity contribution is 5.96. The minimum Gasteiger partial charge on any atom is -0.376 e. The lowest BCUT2D eigenvalue weighted by molar-refractivity contribution is -0.114. The van der Waals surface area contributed by atoms with Crippen molar-refractivity contribution in [3.63, 3.8) is 0 Å². The standard InChI is InChI=1S/C18H21N3O2/c1-12(2)13-3-7-15(8-4-13)20-11-17(22)21-16-9-5-14(6-10-16)18(19)23/h3-10,12,20H,11H2,1-2H3,(H2,19,23)(H,21,22). The molecule has 0 heterocycles. The first-order valence-corrected chi connectivity index (χ1v) is 7.49. The molecule has 2 rings (SSSR count). The molecule has 0 bridgehead atoms. The summed E-state index contributed by atoms with van der Waals surface area (Å²) in [4.78, 5) is 22.9. The first kappa shape index (κ1) is 16.5. The number of nitrogens with two attached hydrogens (primary N) is 1. The number of nitrogens with one attached hydrogen (secondary N) is 2. The molecular weight excluding hydrogens is 290 g/mol. The van der Waals surface area contributed by atoms with Crippen LogP contribution in [0.4, 0.5) is 11.4 Å². The van der Waals surface area contributed by atoms with Crippen LogP contribution in [0, 0.1) is 0 Å². The van der Waals surface area contributed by atoms with Crippen molar-refractivity contribution in [2.24, 2.45) is 5.73 Å². The van der Waals surface area contributed by atoms with E-state index in [-0.39, 0.29) is 12.5 Å². The van der Waals surface area contributed by atoms with E-state index >= 15 is 0 Å². The molecule has 2 aromatic rings. The van der Waals surface area contributed by atoms with Crippen LogP contribution in [0.3, 0.4) is 0 Å². The molecule has 5 nitrogen and oxygen atoms in total. The van der Waals surface area contributed by atoms with Crippen molar-refractivity contribution in [2.75, 3.05) is 17.2 Å². The minimum absolute atomic E-state index is 0.162. The highest BCUT2D eigenvalue weighted by Gasteiger charge is 2.05. The Hall–Kier alpha value is -2.82. The maximum Gasteiger partial charge on any atom is 0.248 e. The van der Waals surface area contributed by atoms with Crippen LogP contribution in [0.5, 0.6) is 0 Å². The molecule has 2 aromatic carbocycles. The van der Waals surface area contributed by atoms with Gasteiger partial charge in [-0.25, -0.2) is 0 Å². The lowest BCUT2D eigenvalue weighted by Gasteiger charge is -2.10. The van der Waals surface area contributed by atoms with Gasteiger partial charge in [-0.3, -0.25) is 9.59 Å². The van der Waals surface area contributed by atoms with E-state index in [0.29, 0.717) is 17.2 Å². The van der Waals surface area contributed by atoms with Gasteiger partial charge in [0.2, 0.25) is 11.8 Å². The van der Waals surface area contributed by atoms with Crippen molar-refractivity contribution in [1.82, 2.24) is 0 Å². The zero-order valence-electron chi connectivity index (χ0n) is 13.3. The second kappa shape index (κ2) is 7.45. The predicted molar refractivity (Wildman–Crippen MR) is 92.6 cm³/mol. The Kier molecular flexibility index (Phi) is 5.36. The number of primary amides is 1. The van der Waals surface area contributed by atoms with Gasteiger partial charge in [0.1, 0.15) is 0 Å². The van der Waals surface area contributed by atoms with Crippen LogP contribution >= 0.6 is 0 Å². The van der Waals surface area contributed by atoms with Crippen molar-refractivity contribution < 1.29 is 9.59 Å². The van der Waals surface area contributed by atoms with Gasteiger partial charge in [0.25, 0.3) is 0 Å². The molecule has 4 N–H and O–H groups in total. The SMILES string of the molecule is CC(C)c1ccc(NCC(=O)Nc2ccc(C(N)=O)cc2)cc1. The summed E-state index contributed by atoms with van der Waals surface area (Å²) in [5.41, 5.74) is 8.36. The molecule has 0 saturated heterocycles. The fourth-order valence-corrected chi connectivity index (χ4v) is 2.09. The summed E-state index contributed by atoms with van der Waals surface area (Å²) in [5.74, 6) is -0.171. The predicted octanol–water partition coefficient (Wildman–Crippen LogP) is 2.96. The summed E-state index contributed by atoms with van der Waals surface area (Å²) < 4.78 is 0. The monoisotopic (exact) mass is 311 g/mol. The Morgan fingerprint density at radius 3 is 2.04 bits per heavy atom. The second-order valence-corrected chi connectivity index (χ2v) is 5.62. The molecule has 0 spiro atoms. The van der Waals surface area contributed by atoms with E-state index in [1.165, 1.54) is 5.56 Å². The van der Waals surface area contributed by atoms with E-state index in [1.807, 2.05) is 24.3 Å². The zero-order valence-corrected chi connectivity index (χ0v) is 13.3. The summed E-state index contributed by atoms with van der Waals surface area (Å²) in [6.45, 7) is 4.44. The maximum absolute atomic E-state index is 11.9. The Labute approximate surface area is 135 Å². The molecule has 0 radical (unpaired) electrons. The van der Waals surface area contributed by atoms with Crippen molar-refractivity contribution >= 4 is 23.2 Å². The van der Waals surface area contributed by atoms with Gasteiger partial charge in [-0.15, -0.1) is 0 Å². The van der Waals surface area contributed by atoms with Crippen LogP contribution in [0.25, 0.3) is 0 Å². The number of anilines is 2. The zero-order chi connectivity index (χ0) is 16.8. The lowest BCUT2D eigenvalue weighted by atomic mass is 10.0. The minimum atomic E-state index is -0.491. The van der Waals surface area contributed by atoms with Crippen LogP contribution in [-0.4, -0.2) is 18.4 Å². The molecular formula is C18H21N3O2. The first-order valence-electron chi connectivity index (χ1n) is 7.49. The topological polar surface area (TPSA) is 84.2 Å². The van der Waals surface area contributed by atoms with Gasteiger partial charge in [0.05, 0.1) is 6.54 Å². The fourth-order valence-electron chi connectivity index (χ4n) is 2.09. The number of amides is 2. The van der Waals surface area contributed by atoms with Gasteiger partial charge >= 0.3 is 0 Å². The number of hydrogen-bond acceptors (Lipinski definition) is 3. The molecule has 0 aliphatic rings. The van der Waals surface area contributed by atoms with Gasteiger partial charge in [-0.2, -0.15) is 0 Å². The van der Waals surface area contributed by atoms with Crippen molar-refractivity contribution in [1.29, 1.82) is 0 Å². The Balaban J connectivity index is 1.86. The van der Waals surface area contributed by atoms with Gasteiger partial charge in [-0.1, -0.05) is 26.0 Å². The molecule has 5 heteroatoms. The molecule has 0 unspecified atom stereocenters. The quantitative estimate of drug-likeness (QED) is 0.767. The van der Waals surface area contributed by atoms with Crippen LogP contribution < -0.4 is 16.4 Å². The van der Waals surface area contributed by atoms with Gasteiger partial charge in [0.15, 0.2) is 0 Å². The molecule has 120 valence electrons. The van der Waals surface area contributed by atoms with Crippen LogP contribution in [-0.2, 0) is 4.79 Å². The van der Waals surface area contributed by atoms with E-state index in [1.54, 1.807) is 24.3 Å². The fraction of sp³-hybridized carbons (Fsp3) is 0.222. The van der Waals surface area contributed by atoms with Crippen molar-refractivity contribution in [3.8, 4) is 0 Å². The number of rotatable bonds is 6. The third kappa shape index (κ3) is 4.85. The summed E-state index contributed by atoms with van der Waals surface area (Å²) >= 11 is 0. The number of hydrogen-bond donors (Lipinski definition) is 3. The van der Waals surface area contributed by atoms with Crippen molar-refractivity contribution in [3.05, 3.63) is 59.7 Å². The van der Waals surface area contributed by atoms with E-state index in [9.17, 15) is 9.59 Å². The van der Waals surface area contributed by atoms with Crippen LogP contribution in [0.1, 0.15) is 35.7 Å². The Bertz CT molecular complexity index is 676. The van der Waals surface area contributed by atoms with Gasteiger partial charge in [-0.05, 0) is 47.9 Å². The van der Waals surface area contributed by atoms with Gasteiger partial charge in [0, 0.05) is 16.9 Å². The van der Waals surface area contributed by atoms with E-state index in [2.05, 4.69) is 24.5 Å². The normalized spacial score (nSPS) is 10.4. The molecule has 0 aliphatic carbocycles. The highest BCUT2D eigenvalue weighted by Crippen LogP contribution is 2.17. The summed E-state index contributed by atoms with van der Waals surface area (Å²) in [6.07, 6.45) is 0. The summed E-state index contributed by atoms with van der Waals surface area (Å²) in [5, 5.41) is 5.83. The Morgan fingerprint density at radius 2 is 1.52 bits per heavy atom. The third-order valence-corrected chi connectivity index (χ3v) is 3.48. The van der Waals surface area contributed by atoms with E-state index < -0.39 is 5.91 Å². The molecule has 0 aromatic heterocycles. The second-order valence-electron chi connectivity index (χ2n) is 5.62. The van der Waals surface area contributed by atoms with E-state index in [0.717, 1.165) is 5.69 Å². The summed E-state index contributed by atoms with van der Waals surface area (Å²) in [7, 11) is 0. The number of carbonyl (C=O) groups is 2. The molecule has 0 saturated carbocycles. The highest BCUT2D eigenvalue weighted by atomic mass is 16.2. The van der Waals surface area contributed by atoms with Gasteiger partial charge < -0.3 is 16.4 Å². The largest absolute Gasteiger partial charge is 0.376 e. The molecule has 0 fully saturated rings. The van der Waals surface area contributed by atoms with Crippen molar-refractivity contribution in [2.45, 2.75) is 19.8 Å². The molecule has 23 heavy (non-hydrogen) atoms. The molecule has 0 aliphatic heterocycles. The maximum atomic E-state index is 11.9. The average molecular weight is 311 g/mol. The third-order valence-electron chi connectivity index (χ3n) is 3.48. The van der Waals surface area contributed by atoms with Crippen LogP contribution in [0.2, 0.25) is 0 Å². The molecule has 2 amide bonds. The average Bonchev–Trinajstić information content (AvgIpc) is 2.54.